The molecular formula is C22H24Cl2N4O2. The molecule has 3 aromatic rings. The van der Waals surface area contributed by atoms with E-state index in [0.717, 1.165) is 43.3 Å². The average molecular weight is 447 g/mol. The van der Waals surface area contributed by atoms with Crippen molar-refractivity contribution in [2.45, 2.75) is 6.54 Å². The van der Waals surface area contributed by atoms with Crippen LogP contribution in [0.1, 0.15) is 5.69 Å². The van der Waals surface area contributed by atoms with E-state index in [4.69, 9.17) is 27.9 Å². The highest BCUT2D eigenvalue weighted by Crippen LogP contribution is 2.29. The van der Waals surface area contributed by atoms with Crippen molar-refractivity contribution in [1.82, 2.24) is 14.3 Å². The van der Waals surface area contributed by atoms with Crippen molar-refractivity contribution in [2.75, 3.05) is 38.2 Å². The van der Waals surface area contributed by atoms with E-state index in [1.807, 2.05) is 43.4 Å². The Hall–Kier alpha value is -2.41. The van der Waals surface area contributed by atoms with E-state index >= 15 is 0 Å². The minimum atomic E-state index is -0.255. The third-order valence-electron chi connectivity index (χ3n) is 5.58. The van der Waals surface area contributed by atoms with Crippen molar-refractivity contribution in [3.63, 3.8) is 0 Å². The highest BCUT2D eigenvalue weighted by molar-refractivity contribution is 6.32. The Morgan fingerprint density at radius 3 is 2.23 bits per heavy atom. The summed E-state index contributed by atoms with van der Waals surface area (Å²) >= 11 is 12.8. The van der Waals surface area contributed by atoms with Crippen molar-refractivity contribution >= 4 is 28.9 Å². The van der Waals surface area contributed by atoms with Gasteiger partial charge in [0.2, 0.25) is 0 Å². The summed E-state index contributed by atoms with van der Waals surface area (Å²) in [5, 5.41) is 0.749. The molecule has 0 amide bonds. The number of aromatic nitrogens is 2. The molecule has 2 heterocycles. The van der Waals surface area contributed by atoms with Crippen molar-refractivity contribution in [1.29, 1.82) is 0 Å². The van der Waals surface area contributed by atoms with Crippen LogP contribution in [0.25, 0.3) is 5.69 Å². The third kappa shape index (κ3) is 3.83. The van der Waals surface area contributed by atoms with Gasteiger partial charge in [-0.3, -0.25) is 14.4 Å². The molecule has 0 N–H and O–H groups in total. The summed E-state index contributed by atoms with van der Waals surface area (Å²) in [6, 6.07) is 15.3. The van der Waals surface area contributed by atoms with Gasteiger partial charge in [-0.25, -0.2) is 4.68 Å². The van der Waals surface area contributed by atoms with E-state index in [2.05, 4.69) is 15.9 Å². The molecule has 4 rings (SSSR count). The van der Waals surface area contributed by atoms with Crippen LogP contribution >= 0.6 is 23.2 Å². The predicted octanol–water partition coefficient (Wildman–Crippen LogP) is 3.81. The van der Waals surface area contributed by atoms with Crippen LogP contribution in [0.2, 0.25) is 10.0 Å². The van der Waals surface area contributed by atoms with Gasteiger partial charge in [-0.15, -0.1) is 0 Å². The lowest BCUT2D eigenvalue weighted by Gasteiger charge is -2.36. The van der Waals surface area contributed by atoms with Crippen LogP contribution in [0, 0.1) is 0 Å². The number of anilines is 1. The number of rotatable bonds is 5. The number of ether oxygens (including phenoxy) is 1. The SMILES string of the molecule is COc1ccccc1N1CCN(Cc2c(Cl)c(=O)n(-c3ccccc3Cl)n2C)CC1. The van der Waals surface area contributed by atoms with E-state index in [1.54, 1.807) is 17.9 Å². The second-order valence-electron chi connectivity index (χ2n) is 7.29. The molecule has 1 aliphatic heterocycles. The molecular weight excluding hydrogens is 423 g/mol. The number of piperazine rings is 1. The lowest BCUT2D eigenvalue weighted by atomic mass is 10.2. The number of halogens is 2. The Kier molecular flexibility index (Phi) is 6.09. The van der Waals surface area contributed by atoms with Gasteiger partial charge in [-0.1, -0.05) is 47.5 Å². The van der Waals surface area contributed by atoms with E-state index in [1.165, 1.54) is 4.68 Å². The molecule has 158 valence electrons. The van der Waals surface area contributed by atoms with E-state index in [0.29, 0.717) is 17.3 Å². The molecule has 8 heteroatoms. The lowest BCUT2D eigenvalue weighted by Crippen LogP contribution is -2.46. The normalized spacial score (nSPS) is 14.9. The fourth-order valence-electron chi connectivity index (χ4n) is 3.93. The summed E-state index contributed by atoms with van der Waals surface area (Å²) in [5.41, 5.74) is 2.26. The fraction of sp³-hybridized carbons (Fsp3) is 0.318. The molecule has 1 saturated heterocycles. The van der Waals surface area contributed by atoms with Gasteiger partial charge < -0.3 is 9.64 Å². The zero-order valence-electron chi connectivity index (χ0n) is 17.0. The Labute approximate surface area is 185 Å². The molecule has 2 aromatic carbocycles. The summed E-state index contributed by atoms with van der Waals surface area (Å²) in [5.74, 6) is 0.883. The molecule has 0 bridgehead atoms. The van der Waals surface area contributed by atoms with E-state index in [9.17, 15) is 4.79 Å². The summed E-state index contributed by atoms with van der Waals surface area (Å²) in [6.07, 6.45) is 0. The maximum absolute atomic E-state index is 12.8. The van der Waals surface area contributed by atoms with Gasteiger partial charge in [0.1, 0.15) is 10.8 Å². The van der Waals surface area contributed by atoms with Crippen LogP contribution in [0.5, 0.6) is 5.75 Å². The number of benzene rings is 2. The minimum absolute atomic E-state index is 0.240. The van der Waals surface area contributed by atoms with Crippen LogP contribution < -0.4 is 15.2 Å². The molecule has 1 fully saturated rings. The van der Waals surface area contributed by atoms with Crippen molar-refractivity contribution in [3.8, 4) is 11.4 Å². The molecule has 0 atom stereocenters. The molecule has 0 saturated carbocycles. The van der Waals surface area contributed by atoms with Gasteiger partial charge in [-0.2, -0.15) is 0 Å². The maximum Gasteiger partial charge on any atom is 0.290 e. The molecule has 0 aliphatic carbocycles. The van der Waals surface area contributed by atoms with E-state index < -0.39 is 0 Å². The smallest absolute Gasteiger partial charge is 0.290 e. The summed E-state index contributed by atoms with van der Waals surface area (Å²) < 4.78 is 8.83. The van der Waals surface area contributed by atoms with Gasteiger partial charge in [0, 0.05) is 39.8 Å². The van der Waals surface area contributed by atoms with Crippen LogP contribution in [0.15, 0.2) is 53.3 Å². The average Bonchev–Trinajstić information content (AvgIpc) is 2.98. The van der Waals surface area contributed by atoms with Gasteiger partial charge in [-0.05, 0) is 24.3 Å². The monoisotopic (exact) mass is 446 g/mol. The molecule has 30 heavy (non-hydrogen) atoms. The first-order valence-corrected chi connectivity index (χ1v) is 10.6. The maximum atomic E-state index is 12.8. The van der Waals surface area contributed by atoms with Crippen molar-refractivity contribution in [2.24, 2.45) is 7.05 Å². The van der Waals surface area contributed by atoms with Crippen LogP contribution in [0.4, 0.5) is 5.69 Å². The fourth-order valence-corrected chi connectivity index (χ4v) is 4.41. The second kappa shape index (κ2) is 8.76. The summed E-state index contributed by atoms with van der Waals surface area (Å²) in [7, 11) is 3.54. The minimum Gasteiger partial charge on any atom is -0.495 e. The van der Waals surface area contributed by atoms with Gasteiger partial charge >= 0.3 is 0 Å². The lowest BCUT2D eigenvalue weighted by molar-refractivity contribution is 0.242. The highest BCUT2D eigenvalue weighted by Gasteiger charge is 2.24. The predicted molar refractivity (Wildman–Crippen MR) is 122 cm³/mol. The van der Waals surface area contributed by atoms with Crippen LogP contribution in [-0.2, 0) is 13.6 Å². The molecule has 1 aliphatic rings. The number of methoxy groups -OCH3 is 1. The zero-order chi connectivity index (χ0) is 21.3. The Morgan fingerprint density at radius 1 is 0.933 bits per heavy atom. The van der Waals surface area contributed by atoms with Gasteiger partial charge in [0.25, 0.3) is 5.56 Å². The quantitative estimate of drug-likeness (QED) is 0.597. The number of nitrogens with zero attached hydrogens (tertiary/aromatic N) is 4. The van der Waals surface area contributed by atoms with Gasteiger partial charge in [0.05, 0.1) is 29.2 Å². The van der Waals surface area contributed by atoms with Gasteiger partial charge in [0.15, 0.2) is 0 Å². The first-order chi connectivity index (χ1) is 14.5. The Balaban J connectivity index is 1.52. The molecule has 0 unspecified atom stereocenters. The Morgan fingerprint density at radius 2 is 1.57 bits per heavy atom. The second-order valence-corrected chi connectivity index (χ2v) is 8.07. The topological polar surface area (TPSA) is 42.6 Å². The number of hydrogen-bond donors (Lipinski definition) is 0. The molecule has 0 radical (unpaired) electrons. The van der Waals surface area contributed by atoms with Crippen LogP contribution in [0.3, 0.4) is 0 Å². The van der Waals surface area contributed by atoms with Crippen molar-refractivity contribution in [3.05, 3.63) is 74.6 Å². The molecule has 1 aromatic heterocycles. The highest BCUT2D eigenvalue weighted by atomic mass is 35.5. The zero-order valence-corrected chi connectivity index (χ0v) is 18.5. The Bertz CT molecular complexity index is 1100. The first-order valence-electron chi connectivity index (χ1n) is 9.83. The summed E-state index contributed by atoms with van der Waals surface area (Å²) in [4.78, 5) is 17.5. The van der Waals surface area contributed by atoms with Crippen molar-refractivity contribution < 1.29 is 4.74 Å². The number of hydrogen-bond acceptors (Lipinski definition) is 4. The summed E-state index contributed by atoms with van der Waals surface area (Å²) in [6.45, 7) is 4.07. The largest absolute Gasteiger partial charge is 0.495 e. The number of para-hydroxylation sites is 3. The third-order valence-corrected chi connectivity index (χ3v) is 6.28. The molecule has 6 nitrogen and oxygen atoms in total. The van der Waals surface area contributed by atoms with E-state index in [-0.39, 0.29) is 10.6 Å². The standard InChI is InChI=1S/C22H24Cl2N4O2/c1-25-19(21(24)22(29)28(25)17-8-4-3-7-16(17)23)15-26-11-13-27(14-12-26)18-9-5-6-10-20(18)30-2/h3-10H,11-15H2,1-2H3. The van der Waals surface area contributed by atoms with Crippen LogP contribution in [-0.4, -0.2) is 47.6 Å². The molecule has 0 spiro atoms. The first kappa shape index (κ1) is 20.8.